The number of nitrogens with one attached hydrogen (secondary N) is 1. The molecule has 4 nitrogen and oxygen atoms in total. The largest absolute Gasteiger partial charge is 0.396 e. The summed E-state index contributed by atoms with van der Waals surface area (Å²) in [5, 5.41) is 3.42. The lowest BCUT2D eigenvalue weighted by molar-refractivity contribution is 0.150. The maximum absolute atomic E-state index is 5.94. The number of hydrogen-bond donors (Lipinski definition) is 2. The smallest absolute Gasteiger partial charge is 0.149 e. The molecule has 4 heteroatoms. The third-order valence-corrected chi connectivity index (χ3v) is 3.94. The summed E-state index contributed by atoms with van der Waals surface area (Å²) in [7, 11) is 2.19. The minimum Gasteiger partial charge on any atom is -0.396 e. The molecule has 0 amide bonds. The Hall–Kier alpha value is -1.29. The molecule has 1 aliphatic heterocycles. The summed E-state index contributed by atoms with van der Waals surface area (Å²) in [6, 6.07) is 3.86. The van der Waals surface area contributed by atoms with Gasteiger partial charge >= 0.3 is 0 Å². The zero-order chi connectivity index (χ0) is 13.2. The molecule has 18 heavy (non-hydrogen) atoms. The number of anilines is 2. The van der Waals surface area contributed by atoms with Crippen LogP contribution in [-0.2, 0) is 0 Å². The van der Waals surface area contributed by atoms with Crippen molar-refractivity contribution in [2.45, 2.75) is 26.7 Å². The Kier molecular flexibility index (Phi) is 3.76. The van der Waals surface area contributed by atoms with Crippen LogP contribution in [0.3, 0.4) is 0 Å². The van der Waals surface area contributed by atoms with Crippen LogP contribution in [0, 0.1) is 12.3 Å². The van der Waals surface area contributed by atoms with E-state index >= 15 is 0 Å². The van der Waals surface area contributed by atoms with Crippen LogP contribution in [0.4, 0.5) is 11.5 Å². The standard InChI is InChI=1S/C14H24N4/c1-11-4-5-12(15)13(17-11)16-10-14(2)6-8-18(3)9-7-14/h4-5H,6-10,15H2,1-3H3,(H,16,17). The van der Waals surface area contributed by atoms with Crippen LogP contribution in [0.2, 0.25) is 0 Å². The van der Waals surface area contributed by atoms with Gasteiger partial charge in [0.05, 0.1) is 5.69 Å². The molecule has 1 aliphatic rings. The molecule has 2 rings (SSSR count). The first-order valence-corrected chi connectivity index (χ1v) is 6.64. The highest BCUT2D eigenvalue weighted by molar-refractivity contribution is 5.61. The van der Waals surface area contributed by atoms with E-state index in [1.165, 1.54) is 25.9 Å². The van der Waals surface area contributed by atoms with Gasteiger partial charge in [-0.1, -0.05) is 6.92 Å². The van der Waals surface area contributed by atoms with E-state index in [4.69, 9.17) is 5.73 Å². The fraction of sp³-hybridized carbons (Fsp3) is 0.643. The van der Waals surface area contributed by atoms with Crippen LogP contribution in [-0.4, -0.2) is 36.6 Å². The molecule has 0 unspecified atom stereocenters. The predicted molar refractivity (Wildman–Crippen MR) is 76.7 cm³/mol. The van der Waals surface area contributed by atoms with E-state index in [0.29, 0.717) is 5.41 Å². The van der Waals surface area contributed by atoms with Crippen molar-refractivity contribution < 1.29 is 0 Å². The number of piperidine rings is 1. The summed E-state index contributed by atoms with van der Waals surface area (Å²) in [4.78, 5) is 6.85. The number of nitrogens with two attached hydrogens (primary N) is 1. The van der Waals surface area contributed by atoms with E-state index in [1.807, 2.05) is 19.1 Å². The highest BCUT2D eigenvalue weighted by Gasteiger charge is 2.28. The van der Waals surface area contributed by atoms with E-state index in [9.17, 15) is 0 Å². The molecule has 0 aliphatic carbocycles. The second kappa shape index (κ2) is 5.14. The van der Waals surface area contributed by atoms with E-state index in [-0.39, 0.29) is 0 Å². The van der Waals surface area contributed by atoms with Crippen LogP contribution >= 0.6 is 0 Å². The van der Waals surface area contributed by atoms with E-state index < -0.39 is 0 Å². The lowest BCUT2D eigenvalue weighted by atomic mass is 9.80. The topological polar surface area (TPSA) is 54.2 Å². The molecule has 0 spiro atoms. The second-order valence-electron chi connectivity index (χ2n) is 5.86. The zero-order valence-electron chi connectivity index (χ0n) is 11.7. The number of rotatable bonds is 3. The van der Waals surface area contributed by atoms with Crippen LogP contribution in [0.5, 0.6) is 0 Å². The Labute approximate surface area is 110 Å². The molecule has 1 aromatic rings. The number of nitrogen functional groups attached to an aromatic ring is 1. The van der Waals surface area contributed by atoms with Crippen LogP contribution in [0.1, 0.15) is 25.5 Å². The molecule has 0 saturated carbocycles. The number of aromatic nitrogens is 1. The average Bonchev–Trinajstić information content (AvgIpc) is 2.35. The molecule has 0 radical (unpaired) electrons. The number of likely N-dealkylation sites (tertiary alicyclic amines) is 1. The van der Waals surface area contributed by atoms with Crippen molar-refractivity contribution in [2.75, 3.05) is 37.7 Å². The maximum atomic E-state index is 5.94. The first-order chi connectivity index (χ1) is 8.48. The minimum atomic E-state index is 0.352. The van der Waals surface area contributed by atoms with Crippen molar-refractivity contribution in [1.82, 2.24) is 9.88 Å². The van der Waals surface area contributed by atoms with Crippen molar-refractivity contribution in [1.29, 1.82) is 0 Å². The molecule has 2 heterocycles. The Morgan fingerprint density at radius 3 is 2.72 bits per heavy atom. The fourth-order valence-electron chi connectivity index (χ4n) is 2.34. The normalized spacial score (nSPS) is 19.7. The van der Waals surface area contributed by atoms with Gasteiger partial charge in [0.15, 0.2) is 0 Å². The van der Waals surface area contributed by atoms with Gasteiger partial charge in [0.1, 0.15) is 5.82 Å². The lowest BCUT2D eigenvalue weighted by Gasteiger charge is -2.38. The SMILES string of the molecule is Cc1ccc(N)c(NCC2(C)CCN(C)CC2)n1. The average molecular weight is 248 g/mol. The van der Waals surface area contributed by atoms with Gasteiger partial charge in [-0.25, -0.2) is 4.98 Å². The Morgan fingerprint density at radius 2 is 2.06 bits per heavy atom. The van der Waals surface area contributed by atoms with E-state index in [2.05, 4.69) is 29.2 Å². The van der Waals surface area contributed by atoms with Crippen molar-refractivity contribution >= 4 is 11.5 Å². The van der Waals surface area contributed by atoms with E-state index in [1.54, 1.807) is 0 Å². The van der Waals surface area contributed by atoms with E-state index in [0.717, 1.165) is 23.7 Å². The summed E-state index contributed by atoms with van der Waals surface area (Å²) in [5.74, 6) is 0.829. The summed E-state index contributed by atoms with van der Waals surface area (Å²) < 4.78 is 0. The first-order valence-electron chi connectivity index (χ1n) is 6.64. The fourth-order valence-corrected chi connectivity index (χ4v) is 2.34. The summed E-state index contributed by atoms with van der Waals surface area (Å²) >= 11 is 0. The molecule has 3 N–H and O–H groups in total. The molecule has 0 atom stereocenters. The molecular formula is C14H24N4. The van der Waals surface area contributed by atoms with Crippen molar-refractivity contribution in [3.63, 3.8) is 0 Å². The van der Waals surface area contributed by atoms with Crippen LogP contribution in [0.15, 0.2) is 12.1 Å². The number of aryl methyl sites for hydroxylation is 1. The third-order valence-electron chi connectivity index (χ3n) is 3.94. The molecule has 100 valence electrons. The minimum absolute atomic E-state index is 0.352. The lowest BCUT2D eigenvalue weighted by Crippen LogP contribution is -2.40. The van der Waals surface area contributed by atoms with Gasteiger partial charge < -0.3 is 16.0 Å². The van der Waals surface area contributed by atoms with Gasteiger partial charge in [0.25, 0.3) is 0 Å². The molecular weight excluding hydrogens is 224 g/mol. The van der Waals surface area contributed by atoms with Crippen LogP contribution in [0.25, 0.3) is 0 Å². The van der Waals surface area contributed by atoms with Crippen molar-refractivity contribution in [2.24, 2.45) is 5.41 Å². The number of nitrogens with zero attached hydrogens (tertiary/aromatic N) is 2. The van der Waals surface area contributed by atoms with Gasteiger partial charge in [-0.05, 0) is 57.5 Å². The first kappa shape index (κ1) is 13.1. The van der Waals surface area contributed by atoms with Crippen LogP contribution < -0.4 is 11.1 Å². The Morgan fingerprint density at radius 1 is 1.39 bits per heavy atom. The monoisotopic (exact) mass is 248 g/mol. The van der Waals surface area contributed by atoms with Crippen molar-refractivity contribution in [3.05, 3.63) is 17.8 Å². The maximum Gasteiger partial charge on any atom is 0.149 e. The summed E-state index contributed by atoms with van der Waals surface area (Å²) in [5.41, 5.74) is 8.02. The zero-order valence-corrected chi connectivity index (χ0v) is 11.7. The highest BCUT2D eigenvalue weighted by atomic mass is 15.1. The molecule has 1 saturated heterocycles. The summed E-state index contributed by atoms with van der Waals surface area (Å²) in [6.45, 7) is 7.63. The molecule has 0 aromatic carbocycles. The highest BCUT2D eigenvalue weighted by Crippen LogP contribution is 2.31. The molecule has 0 bridgehead atoms. The Balaban J connectivity index is 1.96. The van der Waals surface area contributed by atoms with Crippen molar-refractivity contribution in [3.8, 4) is 0 Å². The third kappa shape index (κ3) is 3.13. The van der Waals surface area contributed by atoms with Gasteiger partial charge in [0.2, 0.25) is 0 Å². The quantitative estimate of drug-likeness (QED) is 0.860. The van der Waals surface area contributed by atoms with Gasteiger partial charge in [-0.2, -0.15) is 0 Å². The molecule has 1 aromatic heterocycles. The second-order valence-corrected chi connectivity index (χ2v) is 5.86. The number of hydrogen-bond acceptors (Lipinski definition) is 4. The number of pyridine rings is 1. The van der Waals surface area contributed by atoms with Gasteiger partial charge in [-0.3, -0.25) is 0 Å². The Bertz CT molecular complexity index is 408. The molecule has 1 fully saturated rings. The predicted octanol–water partition coefficient (Wildman–Crippen LogP) is 2.12. The van der Waals surface area contributed by atoms with Gasteiger partial charge in [0, 0.05) is 12.2 Å². The summed E-state index contributed by atoms with van der Waals surface area (Å²) in [6.07, 6.45) is 2.45. The van der Waals surface area contributed by atoms with Gasteiger partial charge in [-0.15, -0.1) is 0 Å².